The van der Waals surface area contributed by atoms with Gasteiger partial charge in [-0.1, -0.05) is 6.92 Å². The highest BCUT2D eigenvalue weighted by Gasteiger charge is 2.16. The number of hydrogen-bond donors (Lipinski definition) is 2. The summed E-state index contributed by atoms with van der Waals surface area (Å²) in [5.41, 5.74) is 1.73. The van der Waals surface area contributed by atoms with Gasteiger partial charge in [0, 0.05) is 32.6 Å². The van der Waals surface area contributed by atoms with E-state index in [9.17, 15) is 0 Å². The zero-order valence-electron chi connectivity index (χ0n) is 9.90. The number of aromatic amines is 1. The number of H-pyrrole nitrogens is 1. The van der Waals surface area contributed by atoms with Gasteiger partial charge >= 0.3 is 0 Å². The lowest BCUT2D eigenvalue weighted by atomic mass is 10.3. The quantitative estimate of drug-likeness (QED) is 0.780. The van der Waals surface area contributed by atoms with Gasteiger partial charge in [0.15, 0.2) is 11.5 Å². The highest BCUT2D eigenvalue weighted by atomic mass is 15.2. The van der Waals surface area contributed by atoms with Crippen LogP contribution in [0.15, 0.2) is 6.33 Å². The number of piperazine rings is 1. The first-order valence-corrected chi connectivity index (χ1v) is 6.03. The van der Waals surface area contributed by atoms with Crippen molar-refractivity contribution in [2.75, 3.05) is 31.1 Å². The maximum absolute atomic E-state index is 4.44. The standard InChI is InChI=1S/C11H16N6/c1-2-8-15-9-10(16-8)13-7-14-11(9)17-5-3-12-4-6-17/h7,12H,2-6H2,1H3,(H,13,14,15,16). The van der Waals surface area contributed by atoms with Gasteiger partial charge in [-0.15, -0.1) is 0 Å². The number of aryl methyl sites for hydroxylation is 1. The molecule has 6 nitrogen and oxygen atoms in total. The van der Waals surface area contributed by atoms with Crippen molar-refractivity contribution in [3.63, 3.8) is 0 Å². The van der Waals surface area contributed by atoms with E-state index in [0.717, 1.165) is 55.4 Å². The van der Waals surface area contributed by atoms with Crippen LogP contribution in [0.1, 0.15) is 12.7 Å². The van der Waals surface area contributed by atoms with Crippen LogP contribution in [0.4, 0.5) is 5.82 Å². The van der Waals surface area contributed by atoms with E-state index in [1.807, 2.05) is 0 Å². The van der Waals surface area contributed by atoms with Crippen molar-refractivity contribution in [3.05, 3.63) is 12.2 Å². The lowest BCUT2D eigenvalue weighted by Gasteiger charge is -2.28. The molecule has 0 spiro atoms. The molecule has 0 amide bonds. The predicted molar refractivity (Wildman–Crippen MR) is 66.1 cm³/mol. The molecule has 6 heteroatoms. The summed E-state index contributed by atoms with van der Waals surface area (Å²) in [6.45, 7) is 6.04. The molecule has 0 aliphatic carbocycles. The molecule has 1 fully saturated rings. The summed E-state index contributed by atoms with van der Waals surface area (Å²) in [6.07, 6.45) is 2.48. The summed E-state index contributed by atoms with van der Waals surface area (Å²) >= 11 is 0. The molecule has 0 saturated carbocycles. The van der Waals surface area contributed by atoms with Crippen LogP contribution in [0.25, 0.3) is 11.2 Å². The molecule has 1 aliphatic rings. The molecule has 17 heavy (non-hydrogen) atoms. The van der Waals surface area contributed by atoms with Crippen molar-refractivity contribution in [2.45, 2.75) is 13.3 Å². The summed E-state index contributed by atoms with van der Waals surface area (Å²) in [6, 6.07) is 0. The van der Waals surface area contributed by atoms with Gasteiger partial charge in [-0.3, -0.25) is 0 Å². The second-order valence-corrected chi connectivity index (χ2v) is 4.17. The Morgan fingerprint density at radius 1 is 1.29 bits per heavy atom. The first-order valence-electron chi connectivity index (χ1n) is 6.03. The predicted octanol–water partition coefficient (Wildman–Crippen LogP) is 0.325. The maximum Gasteiger partial charge on any atom is 0.183 e. The highest BCUT2D eigenvalue weighted by Crippen LogP contribution is 2.21. The Labute approximate surface area is 99.5 Å². The van der Waals surface area contributed by atoms with E-state index < -0.39 is 0 Å². The number of anilines is 1. The molecule has 90 valence electrons. The summed E-state index contributed by atoms with van der Waals surface area (Å²) in [5, 5.41) is 3.34. The molecule has 2 aromatic rings. The zero-order chi connectivity index (χ0) is 11.7. The topological polar surface area (TPSA) is 69.7 Å². The highest BCUT2D eigenvalue weighted by molar-refractivity contribution is 5.83. The molecule has 2 N–H and O–H groups in total. The van der Waals surface area contributed by atoms with Gasteiger partial charge in [0.05, 0.1) is 0 Å². The monoisotopic (exact) mass is 232 g/mol. The molecule has 0 atom stereocenters. The Morgan fingerprint density at radius 2 is 2.12 bits per heavy atom. The Bertz CT molecular complexity index is 514. The van der Waals surface area contributed by atoms with Crippen LogP contribution < -0.4 is 10.2 Å². The second-order valence-electron chi connectivity index (χ2n) is 4.17. The molecule has 2 aromatic heterocycles. The Morgan fingerprint density at radius 3 is 2.88 bits per heavy atom. The summed E-state index contributed by atoms with van der Waals surface area (Å²) in [7, 11) is 0. The molecular weight excluding hydrogens is 216 g/mol. The molecule has 0 aromatic carbocycles. The average molecular weight is 232 g/mol. The second kappa shape index (κ2) is 4.29. The largest absolute Gasteiger partial charge is 0.352 e. The third kappa shape index (κ3) is 1.84. The molecule has 1 saturated heterocycles. The third-order valence-corrected chi connectivity index (χ3v) is 3.07. The zero-order valence-corrected chi connectivity index (χ0v) is 9.90. The molecular formula is C11H16N6. The minimum Gasteiger partial charge on any atom is -0.352 e. The minimum absolute atomic E-state index is 0.769. The molecule has 3 rings (SSSR count). The Balaban J connectivity index is 2.05. The molecule has 3 heterocycles. The fourth-order valence-electron chi connectivity index (χ4n) is 2.15. The van der Waals surface area contributed by atoms with E-state index in [2.05, 4.69) is 37.1 Å². The average Bonchev–Trinajstić information content (AvgIpc) is 2.82. The number of hydrogen-bond acceptors (Lipinski definition) is 5. The summed E-state index contributed by atoms with van der Waals surface area (Å²) in [5.74, 6) is 1.94. The van der Waals surface area contributed by atoms with Crippen LogP contribution in [0.3, 0.4) is 0 Å². The number of nitrogens with one attached hydrogen (secondary N) is 2. The molecule has 0 unspecified atom stereocenters. The van der Waals surface area contributed by atoms with Crippen LogP contribution >= 0.6 is 0 Å². The first kappa shape index (κ1) is 10.5. The van der Waals surface area contributed by atoms with Crippen LogP contribution in [0.2, 0.25) is 0 Å². The normalized spacial score (nSPS) is 16.6. The summed E-state index contributed by atoms with van der Waals surface area (Å²) in [4.78, 5) is 18.6. The van der Waals surface area contributed by atoms with E-state index in [1.165, 1.54) is 0 Å². The van der Waals surface area contributed by atoms with Crippen molar-refractivity contribution >= 4 is 17.0 Å². The van der Waals surface area contributed by atoms with E-state index >= 15 is 0 Å². The molecule has 0 bridgehead atoms. The van der Waals surface area contributed by atoms with Gasteiger partial charge in [-0.05, 0) is 0 Å². The fraction of sp³-hybridized carbons (Fsp3) is 0.545. The fourth-order valence-corrected chi connectivity index (χ4v) is 2.15. The SMILES string of the molecule is CCc1nc2ncnc(N3CCNCC3)c2[nH]1. The number of rotatable bonds is 2. The number of nitrogens with zero attached hydrogens (tertiary/aromatic N) is 4. The third-order valence-electron chi connectivity index (χ3n) is 3.07. The maximum atomic E-state index is 4.44. The van der Waals surface area contributed by atoms with Crippen molar-refractivity contribution in [1.29, 1.82) is 0 Å². The Kier molecular flexibility index (Phi) is 2.64. The van der Waals surface area contributed by atoms with Crippen molar-refractivity contribution in [2.24, 2.45) is 0 Å². The van der Waals surface area contributed by atoms with Crippen LogP contribution in [0.5, 0.6) is 0 Å². The first-order chi connectivity index (χ1) is 8.38. The van der Waals surface area contributed by atoms with E-state index in [0.29, 0.717) is 0 Å². The van der Waals surface area contributed by atoms with Crippen molar-refractivity contribution in [3.8, 4) is 0 Å². The lowest BCUT2D eigenvalue weighted by Crippen LogP contribution is -2.44. The number of fused-ring (bicyclic) bond motifs is 1. The van der Waals surface area contributed by atoms with Gasteiger partial charge in [-0.2, -0.15) is 0 Å². The number of aromatic nitrogens is 4. The Hall–Kier alpha value is -1.69. The molecule has 1 aliphatic heterocycles. The van der Waals surface area contributed by atoms with Gasteiger partial charge in [0.25, 0.3) is 0 Å². The van der Waals surface area contributed by atoms with Gasteiger partial charge in [0.1, 0.15) is 17.7 Å². The van der Waals surface area contributed by atoms with Crippen LogP contribution in [-0.2, 0) is 6.42 Å². The smallest absolute Gasteiger partial charge is 0.183 e. The number of imidazole rings is 1. The molecule has 0 radical (unpaired) electrons. The van der Waals surface area contributed by atoms with Gasteiger partial charge in [0.2, 0.25) is 0 Å². The summed E-state index contributed by atoms with van der Waals surface area (Å²) < 4.78 is 0. The van der Waals surface area contributed by atoms with E-state index in [-0.39, 0.29) is 0 Å². The van der Waals surface area contributed by atoms with E-state index in [1.54, 1.807) is 6.33 Å². The van der Waals surface area contributed by atoms with E-state index in [4.69, 9.17) is 0 Å². The van der Waals surface area contributed by atoms with Crippen LogP contribution in [-0.4, -0.2) is 46.1 Å². The van der Waals surface area contributed by atoms with Crippen LogP contribution in [0, 0.1) is 0 Å². The van der Waals surface area contributed by atoms with Crippen molar-refractivity contribution in [1.82, 2.24) is 25.3 Å². The lowest BCUT2D eigenvalue weighted by molar-refractivity contribution is 0.586. The van der Waals surface area contributed by atoms with Gasteiger partial charge < -0.3 is 15.2 Å². The minimum atomic E-state index is 0.769. The van der Waals surface area contributed by atoms with Crippen molar-refractivity contribution < 1.29 is 0 Å². The van der Waals surface area contributed by atoms with Gasteiger partial charge in [-0.25, -0.2) is 15.0 Å².